The van der Waals surface area contributed by atoms with Crippen LogP contribution in [0.1, 0.15) is 56.7 Å². The maximum Gasteiger partial charge on any atom is 0.416 e. The van der Waals surface area contributed by atoms with Gasteiger partial charge in [-0.2, -0.15) is 13.2 Å². The predicted molar refractivity (Wildman–Crippen MR) is 69.8 cm³/mol. The zero-order valence-electron chi connectivity index (χ0n) is 11.4. The lowest BCUT2D eigenvalue weighted by atomic mass is 9.97. The third kappa shape index (κ3) is 4.82. The van der Waals surface area contributed by atoms with E-state index < -0.39 is 11.7 Å². The molecule has 0 aliphatic heterocycles. The molecule has 1 heterocycles. The molecular formula is C14H21F3N2. The van der Waals surface area contributed by atoms with Crippen LogP contribution in [0, 0.1) is 0 Å². The summed E-state index contributed by atoms with van der Waals surface area (Å²) in [6.45, 7) is 4.62. The van der Waals surface area contributed by atoms with E-state index in [1.54, 1.807) is 0 Å². The summed E-state index contributed by atoms with van der Waals surface area (Å²) in [6, 6.07) is 0.779. The standard InChI is InChI=1S/C14H21F3N2/c1-3-5-6-7-13(19-4-2)11-10-18-9-8-12(11)14(15,16)17/h8-10,13,19H,3-7H2,1-2H3. The Balaban J connectivity index is 2.95. The molecule has 1 N–H and O–H groups in total. The van der Waals surface area contributed by atoms with Gasteiger partial charge in [-0.3, -0.25) is 4.98 Å². The van der Waals surface area contributed by atoms with Gasteiger partial charge in [0.25, 0.3) is 0 Å². The smallest absolute Gasteiger partial charge is 0.310 e. The lowest BCUT2D eigenvalue weighted by molar-refractivity contribution is -0.138. The molecule has 0 aliphatic carbocycles. The molecule has 2 nitrogen and oxygen atoms in total. The molecule has 0 saturated heterocycles. The molecule has 0 bridgehead atoms. The quantitative estimate of drug-likeness (QED) is 0.748. The van der Waals surface area contributed by atoms with Gasteiger partial charge in [-0.05, 0) is 24.6 Å². The summed E-state index contributed by atoms with van der Waals surface area (Å²) in [5, 5.41) is 3.13. The Kier molecular flexibility index (Phi) is 6.28. The van der Waals surface area contributed by atoms with Gasteiger partial charge in [0, 0.05) is 18.4 Å². The Morgan fingerprint density at radius 3 is 2.58 bits per heavy atom. The molecule has 1 aromatic rings. The summed E-state index contributed by atoms with van der Waals surface area (Å²) in [4.78, 5) is 3.85. The predicted octanol–water partition coefficient (Wildman–Crippen LogP) is 4.33. The van der Waals surface area contributed by atoms with Crippen LogP contribution in [0.2, 0.25) is 0 Å². The van der Waals surface area contributed by atoms with Crippen molar-refractivity contribution in [3.8, 4) is 0 Å². The average Bonchev–Trinajstić information content (AvgIpc) is 2.37. The molecule has 19 heavy (non-hydrogen) atoms. The lowest BCUT2D eigenvalue weighted by Crippen LogP contribution is -2.24. The fourth-order valence-corrected chi connectivity index (χ4v) is 2.15. The number of nitrogens with zero attached hydrogens (tertiary/aromatic N) is 1. The van der Waals surface area contributed by atoms with Crippen molar-refractivity contribution in [1.29, 1.82) is 0 Å². The second kappa shape index (κ2) is 7.48. The monoisotopic (exact) mass is 274 g/mol. The second-order valence-corrected chi connectivity index (χ2v) is 4.57. The summed E-state index contributed by atoms with van der Waals surface area (Å²) < 4.78 is 38.9. The molecule has 0 amide bonds. The zero-order valence-corrected chi connectivity index (χ0v) is 11.4. The molecule has 1 unspecified atom stereocenters. The zero-order chi connectivity index (χ0) is 14.3. The molecule has 1 atom stereocenters. The number of pyridine rings is 1. The molecule has 0 saturated carbocycles. The van der Waals surface area contributed by atoms with Crippen molar-refractivity contribution in [3.63, 3.8) is 0 Å². The van der Waals surface area contributed by atoms with Crippen molar-refractivity contribution in [2.45, 2.75) is 51.7 Å². The topological polar surface area (TPSA) is 24.9 Å². The Labute approximate surface area is 112 Å². The van der Waals surface area contributed by atoms with Gasteiger partial charge in [-0.25, -0.2) is 0 Å². The van der Waals surface area contributed by atoms with E-state index in [-0.39, 0.29) is 11.6 Å². The Morgan fingerprint density at radius 1 is 1.26 bits per heavy atom. The van der Waals surface area contributed by atoms with Gasteiger partial charge in [0.05, 0.1) is 5.56 Å². The van der Waals surface area contributed by atoms with Crippen LogP contribution in [-0.4, -0.2) is 11.5 Å². The van der Waals surface area contributed by atoms with Crippen LogP contribution in [0.5, 0.6) is 0 Å². The highest BCUT2D eigenvalue weighted by Gasteiger charge is 2.34. The van der Waals surface area contributed by atoms with Crippen LogP contribution in [-0.2, 0) is 6.18 Å². The summed E-state index contributed by atoms with van der Waals surface area (Å²) in [5.41, 5.74) is -0.321. The van der Waals surface area contributed by atoms with Gasteiger partial charge in [0.2, 0.25) is 0 Å². The van der Waals surface area contributed by atoms with Crippen molar-refractivity contribution in [1.82, 2.24) is 10.3 Å². The highest BCUT2D eigenvalue weighted by Crippen LogP contribution is 2.35. The van der Waals surface area contributed by atoms with Crippen molar-refractivity contribution >= 4 is 0 Å². The summed E-state index contributed by atoms with van der Waals surface area (Å²) in [5.74, 6) is 0. The third-order valence-corrected chi connectivity index (χ3v) is 3.08. The van der Waals surface area contributed by atoms with E-state index in [4.69, 9.17) is 0 Å². The first-order valence-electron chi connectivity index (χ1n) is 6.75. The highest BCUT2D eigenvalue weighted by atomic mass is 19.4. The fourth-order valence-electron chi connectivity index (χ4n) is 2.15. The summed E-state index contributed by atoms with van der Waals surface area (Å²) >= 11 is 0. The number of halogens is 3. The highest BCUT2D eigenvalue weighted by molar-refractivity contribution is 5.29. The Morgan fingerprint density at radius 2 is 2.00 bits per heavy atom. The molecular weight excluding hydrogens is 253 g/mol. The fraction of sp³-hybridized carbons (Fsp3) is 0.643. The molecule has 108 valence electrons. The van der Waals surface area contributed by atoms with Crippen LogP contribution >= 0.6 is 0 Å². The molecule has 0 fully saturated rings. The first kappa shape index (κ1) is 16.0. The minimum Gasteiger partial charge on any atom is -0.310 e. The molecule has 0 spiro atoms. The summed E-state index contributed by atoms with van der Waals surface area (Å²) in [6.07, 6.45) is 1.92. The number of rotatable bonds is 7. The number of alkyl halides is 3. The first-order valence-corrected chi connectivity index (χ1v) is 6.75. The van der Waals surface area contributed by atoms with Crippen LogP contribution in [0.3, 0.4) is 0 Å². The van der Waals surface area contributed by atoms with E-state index in [0.29, 0.717) is 13.0 Å². The van der Waals surface area contributed by atoms with Crippen molar-refractivity contribution in [3.05, 3.63) is 29.6 Å². The SMILES string of the molecule is CCCCCC(NCC)c1cnccc1C(F)(F)F. The van der Waals surface area contributed by atoms with Gasteiger partial charge in [0.1, 0.15) is 0 Å². The Bertz CT molecular complexity index is 377. The van der Waals surface area contributed by atoms with Crippen LogP contribution < -0.4 is 5.32 Å². The van der Waals surface area contributed by atoms with E-state index >= 15 is 0 Å². The minimum atomic E-state index is -4.32. The second-order valence-electron chi connectivity index (χ2n) is 4.57. The van der Waals surface area contributed by atoms with Crippen LogP contribution in [0.15, 0.2) is 18.5 Å². The number of aromatic nitrogens is 1. The number of unbranched alkanes of at least 4 members (excludes halogenated alkanes) is 2. The van der Waals surface area contributed by atoms with E-state index in [2.05, 4.69) is 17.2 Å². The maximum absolute atomic E-state index is 13.0. The van der Waals surface area contributed by atoms with Gasteiger partial charge >= 0.3 is 6.18 Å². The van der Waals surface area contributed by atoms with Gasteiger partial charge < -0.3 is 5.32 Å². The van der Waals surface area contributed by atoms with Crippen LogP contribution in [0.4, 0.5) is 13.2 Å². The third-order valence-electron chi connectivity index (χ3n) is 3.08. The Hall–Kier alpha value is -1.10. The molecule has 5 heteroatoms. The maximum atomic E-state index is 13.0. The minimum absolute atomic E-state index is 0.257. The number of nitrogens with one attached hydrogen (secondary N) is 1. The van der Waals surface area contributed by atoms with Gasteiger partial charge in [-0.15, -0.1) is 0 Å². The van der Waals surface area contributed by atoms with E-state index in [9.17, 15) is 13.2 Å². The molecule has 0 radical (unpaired) electrons. The molecule has 1 aromatic heterocycles. The first-order chi connectivity index (χ1) is 9.00. The molecule has 0 aromatic carbocycles. The lowest BCUT2D eigenvalue weighted by Gasteiger charge is -2.22. The van der Waals surface area contributed by atoms with E-state index in [1.165, 1.54) is 12.4 Å². The van der Waals surface area contributed by atoms with Crippen molar-refractivity contribution in [2.75, 3.05) is 6.54 Å². The molecule has 1 rings (SSSR count). The van der Waals surface area contributed by atoms with Gasteiger partial charge in [-0.1, -0.05) is 33.1 Å². The van der Waals surface area contributed by atoms with Crippen LogP contribution in [0.25, 0.3) is 0 Å². The van der Waals surface area contributed by atoms with E-state index in [0.717, 1.165) is 25.3 Å². The summed E-state index contributed by atoms with van der Waals surface area (Å²) in [7, 11) is 0. The van der Waals surface area contributed by atoms with Gasteiger partial charge in [0.15, 0.2) is 0 Å². The largest absolute Gasteiger partial charge is 0.416 e. The average molecular weight is 274 g/mol. The van der Waals surface area contributed by atoms with Crippen molar-refractivity contribution < 1.29 is 13.2 Å². The van der Waals surface area contributed by atoms with Crippen molar-refractivity contribution in [2.24, 2.45) is 0 Å². The van der Waals surface area contributed by atoms with E-state index in [1.807, 2.05) is 6.92 Å². The number of hydrogen-bond donors (Lipinski definition) is 1. The normalized spacial score (nSPS) is 13.5. The number of hydrogen-bond acceptors (Lipinski definition) is 2. The molecule has 0 aliphatic rings.